The molecule has 3 N–H and O–H groups in total. The molecule has 0 saturated heterocycles. The number of benzene rings is 1. The van der Waals surface area contributed by atoms with Crippen LogP contribution in [0.15, 0.2) is 18.2 Å². The van der Waals surface area contributed by atoms with Crippen molar-refractivity contribution in [1.29, 1.82) is 0 Å². The van der Waals surface area contributed by atoms with Crippen molar-refractivity contribution in [2.45, 2.75) is 6.18 Å². The van der Waals surface area contributed by atoms with Gasteiger partial charge in [-0.2, -0.15) is 13.2 Å². The molecule has 3 aromatic rings. The molecule has 2 aromatic heterocycles. The number of anilines is 1. The molecule has 0 atom stereocenters. The zero-order chi connectivity index (χ0) is 23.6. The summed E-state index contributed by atoms with van der Waals surface area (Å²) in [5.74, 6) is -0.598. The Labute approximate surface area is 195 Å². The second-order valence-electron chi connectivity index (χ2n) is 6.97. The van der Waals surface area contributed by atoms with E-state index in [2.05, 4.69) is 9.97 Å². The standard InChI is InChI=1S/C19H18Cl2F3N5O2S/c1-29(2)3-4-31-13-5-9(11(20)7-12(13)21)15-10-6-14(16(30)26-8-19(22,23)24)32-17(10)28-18(25)27-15/h5-7H,3-4,8H2,1-2H3,(H,26,30)(H2,25,27,28). The summed E-state index contributed by atoms with van der Waals surface area (Å²) in [5, 5.41) is 2.79. The van der Waals surface area contributed by atoms with Crippen molar-refractivity contribution in [3.05, 3.63) is 33.1 Å². The van der Waals surface area contributed by atoms with Crippen LogP contribution in [0.5, 0.6) is 5.75 Å². The van der Waals surface area contributed by atoms with Gasteiger partial charge < -0.3 is 20.7 Å². The van der Waals surface area contributed by atoms with Crippen LogP contribution in [-0.2, 0) is 0 Å². The summed E-state index contributed by atoms with van der Waals surface area (Å²) in [4.78, 5) is 22.8. The first kappa shape index (κ1) is 24.3. The maximum atomic E-state index is 12.4. The van der Waals surface area contributed by atoms with E-state index in [1.165, 1.54) is 12.1 Å². The molecule has 1 aromatic carbocycles. The lowest BCUT2D eigenvalue weighted by Gasteiger charge is -2.14. The molecule has 0 saturated carbocycles. The minimum Gasteiger partial charge on any atom is -0.491 e. The molecule has 0 aliphatic rings. The fourth-order valence-corrected chi connectivity index (χ4v) is 4.16. The fourth-order valence-electron chi connectivity index (χ4n) is 2.68. The Balaban J connectivity index is 2.01. The Morgan fingerprint density at radius 3 is 2.59 bits per heavy atom. The normalized spacial score (nSPS) is 11.9. The number of hydrogen-bond donors (Lipinski definition) is 2. The lowest BCUT2D eigenvalue weighted by atomic mass is 10.1. The van der Waals surface area contributed by atoms with Crippen molar-refractivity contribution >= 4 is 56.6 Å². The zero-order valence-electron chi connectivity index (χ0n) is 16.9. The highest BCUT2D eigenvalue weighted by Gasteiger charge is 2.28. The van der Waals surface area contributed by atoms with Gasteiger partial charge in [-0.25, -0.2) is 9.97 Å². The maximum absolute atomic E-state index is 12.4. The molecular formula is C19H18Cl2F3N5O2S. The van der Waals surface area contributed by atoms with Gasteiger partial charge >= 0.3 is 6.18 Å². The van der Waals surface area contributed by atoms with E-state index in [-0.39, 0.29) is 15.8 Å². The minimum atomic E-state index is -4.53. The van der Waals surface area contributed by atoms with Gasteiger partial charge in [0.15, 0.2) is 0 Å². The number of alkyl halides is 3. The van der Waals surface area contributed by atoms with Crippen LogP contribution in [0.1, 0.15) is 9.67 Å². The van der Waals surface area contributed by atoms with Crippen molar-refractivity contribution in [2.24, 2.45) is 0 Å². The van der Waals surface area contributed by atoms with Crippen LogP contribution < -0.4 is 15.8 Å². The average molecular weight is 508 g/mol. The molecule has 0 spiro atoms. The highest BCUT2D eigenvalue weighted by molar-refractivity contribution is 7.20. The second-order valence-corrected chi connectivity index (χ2v) is 8.82. The van der Waals surface area contributed by atoms with E-state index in [4.69, 9.17) is 33.7 Å². The molecule has 0 radical (unpaired) electrons. The topological polar surface area (TPSA) is 93.4 Å². The van der Waals surface area contributed by atoms with E-state index in [1.807, 2.05) is 24.3 Å². The molecule has 0 aliphatic carbocycles. The first-order chi connectivity index (χ1) is 14.9. The van der Waals surface area contributed by atoms with E-state index < -0.39 is 18.6 Å². The molecule has 0 fully saturated rings. The number of carbonyl (C=O) groups excluding carboxylic acids is 1. The summed E-state index contributed by atoms with van der Waals surface area (Å²) in [6.07, 6.45) is -4.53. The number of thiophene rings is 1. The van der Waals surface area contributed by atoms with E-state index in [1.54, 1.807) is 6.07 Å². The smallest absolute Gasteiger partial charge is 0.405 e. The van der Waals surface area contributed by atoms with Crippen molar-refractivity contribution in [3.63, 3.8) is 0 Å². The van der Waals surface area contributed by atoms with Gasteiger partial charge in [0, 0.05) is 17.5 Å². The van der Waals surface area contributed by atoms with Gasteiger partial charge in [0.1, 0.15) is 23.7 Å². The van der Waals surface area contributed by atoms with Crippen LogP contribution in [0.4, 0.5) is 19.1 Å². The summed E-state index contributed by atoms with van der Waals surface area (Å²) in [5.41, 5.74) is 6.55. The maximum Gasteiger partial charge on any atom is 0.405 e. The number of carbonyl (C=O) groups is 1. The second kappa shape index (κ2) is 9.65. The number of fused-ring (bicyclic) bond motifs is 1. The number of nitrogens with zero attached hydrogens (tertiary/aromatic N) is 3. The van der Waals surface area contributed by atoms with Crippen LogP contribution >= 0.6 is 34.5 Å². The predicted octanol–water partition coefficient (Wildman–Crippen LogP) is 4.48. The molecule has 3 rings (SSSR count). The number of nitrogen functional groups attached to an aromatic ring is 1. The quantitative estimate of drug-likeness (QED) is 0.489. The summed E-state index contributed by atoms with van der Waals surface area (Å²) in [6, 6.07) is 4.50. The van der Waals surface area contributed by atoms with Crippen LogP contribution in [0, 0.1) is 0 Å². The fraction of sp³-hybridized carbons (Fsp3) is 0.316. The average Bonchev–Trinajstić information content (AvgIpc) is 3.10. The zero-order valence-corrected chi connectivity index (χ0v) is 19.2. The van der Waals surface area contributed by atoms with Crippen LogP contribution in [0.3, 0.4) is 0 Å². The largest absolute Gasteiger partial charge is 0.491 e. The van der Waals surface area contributed by atoms with Gasteiger partial charge in [0.2, 0.25) is 5.95 Å². The first-order valence-electron chi connectivity index (χ1n) is 9.13. The number of halogens is 5. The van der Waals surface area contributed by atoms with Crippen molar-refractivity contribution in [3.8, 4) is 17.0 Å². The molecule has 0 unspecified atom stereocenters. The van der Waals surface area contributed by atoms with Gasteiger partial charge in [0.25, 0.3) is 5.91 Å². The van der Waals surface area contributed by atoms with Crippen LogP contribution in [0.25, 0.3) is 21.5 Å². The Hall–Kier alpha value is -2.34. The number of rotatable bonds is 7. The molecule has 0 bridgehead atoms. The molecule has 0 aliphatic heterocycles. The third kappa shape index (κ3) is 5.91. The minimum absolute atomic E-state index is 0.0259. The Morgan fingerprint density at radius 1 is 1.22 bits per heavy atom. The summed E-state index contributed by atoms with van der Waals surface area (Å²) in [6.45, 7) is -0.422. The summed E-state index contributed by atoms with van der Waals surface area (Å²) in [7, 11) is 3.80. The highest BCUT2D eigenvalue weighted by atomic mass is 35.5. The van der Waals surface area contributed by atoms with Crippen molar-refractivity contribution in [1.82, 2.24) is 20.2 Å². The third-order valence-corrected chi connectivity index (χ3v) is 5.79. The van der Waals surface area contributed by atoms with Gasteiger partial charge in [-0.3, -0.25) is 4.79 Å². The molecule has 32 heavy (non-hydrogen) atoms. The van der Waals surface area contributed by atoms with E-state index in [0.29, 0.717) is 45.4 Å². The lowest BCUT2D eigenvalue weighted by molar-refractivity contribution is -0.123. The van der Waals surface area contributed by atoms with E-state index in [0.717, 1.165) is 11.3 Å². The molecule has 2 heterocycles. The number of ether oxygens (including phenoxy) is 1. The van der Waals surface area contributed by atoms with Gasteiger partial charge in [-0.1, -0.05) is 23.2 Å². The number of nitrogens with two attached hydrogens (primary N) is 1. The number of aromatic nitrogens is 2. The van der Waals surface area contributed by atoms with Gasteiger partial charge in [-0.15, -0.1) is 11.3 Å². The van der Waals surface area contributed by atoms with Crippen LogP contribution in [-0.4, -0.2) is 60.7 Å². The Morgan fingerprint density at radius 2 is 1.94 bits per heavy atom. The monoisotopic (exact) mass is 507 g/mol. The summed E-state index contributed by atoms with van der Waals surface area (Å²) >= 11 is 13.5. The first-order valence-corrected chi connectivity index (χ1v) is 10.7. The van der Waals surface area contributed by atoms with Crippen molar-refractivity contribution < 1.29 is 22.7 Å². The lowest BCUT2D eigenvalue weighted by Crippen LogP contribution is -2.33. The highest BCUT2D eigenvalue weighted by Crippen LogP contribution is 2.40. The van der Waals surface area contributed by atoms with E-state index >= 15 is 0 Å². The number of hydrogen-bond acceptors (Lipinski definition) is 7. The van der Waals surface area contributed by atoms with Gasteiger partial charge in [0.05, 0.1) is 20.6 Å². The van der Waals surface area contributed by atoms with Crippen molar-refractivity contribution in [2.75, 3.05) is 39.5 Å². The molecule has 1 amide bonds. The van der Waals surface area contributed by atoms with E-state index in [9.17, 15) is 18.0 Å². The molecule has 7 nitrogen and oxygen atoms in total. The van der Waals surface area contributed by atoms with Gasteiger partial charge in [-0.05, 0) is 32.3 Å². The SMILES string of the molecule is CN(C)CCOc1cc(-c2nc(N)nc3sc(C(=O)NCC(F)(F)F)cc23)c(Cl)cc1Cl. The number of amides is 1. The molecular weight excluding hydrogens is 490 g/mol. The molecule has 13 heteroatoms. The Kier molecular flexibility index (Phi) is 7.33. The van der Waals surface area contributed by atoms with Crippen LogP contribution in [0.2, 0.25) is 10.0 Å². The summed E-state index contributed by atoms with van der Waals surface area (Å²) < 4.78 is 43.0. The molecule has 172 valence electrons. The predicted molar refractivity (Wildman–Crippen MR) is 120 cm³/mol. The number of nitrogens with one attached hydrogen (secondary N) is 1. The Bertz CT molecular complexity index is 1150. The number of likely N-dealkylation sites (N-methyl/N-ethyl adjacent to an activating group) is 1. The third-order valence-electron chi connectivity index (χ3n) is 4.16.